The minimum Gasteiger partial charge on any atom is -0.257 e. The van der Waals surface area contributed by atoms with E-state index in [0.29, 0.717) is 4.34 Å². The number of halogens is 2. The van der Waals surface area contributed by atoms with Crippen LogP contribution in [0.15, 0.2) is 22.5 Å². The van der Waals surface area contributed by atoms with Crippen molar-refractivity contribution >= 4 is 49.9 Å². The monoisotopic (exact) mass is 381 g/mol. The Labute approximate surface area is 141 Å². The fourth-order valence-electron chi connectivity index (χ4n) is 1.53. The van der Waals surface area contributed by atoms with Gasteiger partial charge in [0.15, 0.2) is 4.34 Å². The molecule has 0 saturated heterocycles. The number of anilines is 1. The molecule has 1 aromatic heterocycles. The number of aromatic nitrogens is 2. The highest BCUT2D eigenvalue weighted by molar-refractivity contribution is 8.01. The van der Waals surface area contributed by atoms with Crippen LogP contribution >= 0.6 is 34.7 Å². The second-order valence-electron chi connectivity index (χ2n) is 4.28. The van der Waals surface area contributed by atoms with Crippen LogP contribution in [0.2, 0.25) is 5.02 Å². The third kappa shape index (κ3) is 4.80. The quantitative estimate of drug-likeness (QED) is 0.739. The van der Waals surface area contributed by atoms with E-state index in [2.05, 4.69) is 14.9 Å². The summed E-state index contributed by atoms with van der Waals surface area (Å²) in [7, 11) is -3.82. The molecular weight excluding hydrogens is 369 g/mol. The normalized spacial score (nSPS) is 11.6. The van der Waals surface area contributed by atoms with Crippen molar-refractivity contribution in [3.05, 3.63) is 34.6 Å². The van der Waals surface area contributed by atoms with E-state index in [-0.39, 0.29) is 15.7 Å². The molecule has 0 atom stereocenters. The molecule has 1 aromatic carbocycles. The molecule has 0 radical (unpaired) electrons. The van der Waals surface area contributed by atoms with Crippen LogP contribution in [0.4, 0.5) is 9.52 Å². The maximum atomic E-state index is 13.7. The van der Waals surface area contributed by atoms with Crippen LogP contribution < -0.4 is 4.72 Å². The number of nitrogens with zero attached hydrogens (tertiary/aromatic N) is 2. The van der Waals surface area contributed by atoms with Crippen LogP contribution in [-0.4, -0.2) is 24.4 Å². The van der Waals surface area contributed by atoms with E-state index in [1.165, 1.54) is 30.0 Å². The molecule has 2 aromatic rings. The predicted octanol–water partition coefficient (Wildman–Crippen LogP) is 3.77. The summed E-state index contributed by atoms with van der Waals surface area (Å²) in [6, 6.07) is 4.03. The van der Waals surface area contributed by atoms with E-state index in [9.17, 15) is 12.8 Å². The standard InChI is InChI=1S/C12H13ClFN3O2S3/c1-2-6-20-12-16-15-11(21-12)17-22(18,19)7-8-9(13)4-3-5-10(8)14/h3-5H,2,6-7H2,1H3,(H,15,17). The summed E-state index contributed by atoms with van der Waals surface area (Å²) in [5.41, 5.74) is -0.0678. The van der Waals surface area contributed by atoms with Crippen molar-refractivity contribution in [3.8, 4) is 0 Å². The van der Waals surface area contributed by atoms with E-state index >= 15 is 0 Å². The first kappa shape index (κ1) is 17.5. The Hall–Kier alpha value is -0.900. The maximum Gasteiger partial charge on any atom is 0.238 e. The summed E-state index contributed by atoms with van der Waals surface area (Å²) < 4.78 is 40.8. The average molecular weight is 382 g/mol. The lowest BCUT2D eigenvalue weighted by molar-refractivity contribution is 0.591. The van der Waals surface area contributed by atoms with Gasteiger partial charge in [0.1, 0.15) is 5.82 Å². The summed E-state index contributed by atoms with van der Waals surface area (Å²) >= 11 is 8.49. The van der Waals surface area contributed by atoms with Crippen molar-refractivity contribution in [2.24, 2.45) is 0 Å². The first-order valence-electron chi connectivity index (χ1n) is 6.31. The molecule has 0 aliphatic carbocycles. The van der Waals surface area contributed by atoms with Gasteiger partial charge < -0.3 is 0 Å². The van der Waals surface area contributed by atoms with Gasteiger partial charge in [-0.3, -0.25) is 4.72 Å². The predicted molar refractivity (Wildman–Crippen MR) is 88.6 cm³/mol. The minimum absolute atomic E-state index is 0.0678. The lowest BCUT2D eigenvalue weighted by Gasteiger charge is -2.07. The lowest BCUT2D eigenvalue weighted by Crippen LogP contribution is -2.16. The lowest BCUT2D eigenvalue weighted by atomic mass is 10.2. The molecule has 0 aliphatic heterocycles. The van der Waals surface area contributed by atoms with E-state index in [0.717, 1.165) is 23.5 Å². The number of sulfonamides is 1. The van der Waals surface area contributed by atoms with E-state index in [1.54, 1.807) is 0 Å². The molecule has 5 nitrogen and oxygen atoms in total. The zero-order valence-corrected chi connectivity index (χ0v) is 14.8. The molecule has 0 aliphatic rings. The molecule has 0 saturated carbocycles. The minimum atomic E-state index is -3.82. The molecule has 1 heterocycles. The van der Waals surface area contributed by atoms with E-state index < -0.39 is 21.6 Å². The highest BCUT2D eigenvalue weighted by atomic mass is 35.5. The summed E-state index contributed by atoms with van der Waals surface area (Å²) in [5, 5.41) is 7.89. The van der Waals surface area contributed by atoms with Crippen LogP contribution in [-0.2, 0) is 15.8 Å². The van der Waals surface area contributed by atoms with Gasteiger partial charge in [-0.2, -0.15) is 0 Å². The highest BCUT2D eigenvalue weighted by Gasteiger charge is 2.19. The summed E-state index contributed by atoms with van der Waals surface area (Å²) in [6.07, 6.45) is 0.983. The number of hydrogen-bond donors (Lipinski definition) is 1. The molecule has 0 amide bonds. The zero-order valence-electron chi connectivity index (χ0n) is 11.5. The topological polar surface area (TPSA) is 72.0 Å². The van der Waals surface area contributed by atoms with Gasteiger partial charge in [0.2, 0.25) is 15.2 Å². The molecule has 0 fully saturated rings. The van der Waals surface area contributed by atoms with E-state index in [1.807, 2.05) is 6.92 Å². The molecule has 2 rings (SSSR count). The third-order valence-corrected chi connectivity index (χ3v) is 6.31. The van der Waals surface area contributed by atoms with Gasteiger partial charge >= 0.3 is 0 Å². The van der Waals surface area contributed by atoms with Crippen molar-refractivity contribution in [2.75, 3.05) is 10.5 Å². The number of thioether (sulfide) groups is 1. The zero-order chi connectivity index (χ0) is 16.2. The van der Waals surface area contributed by atoms with Crippen molar-refractivity contribution in [2.45, 2.75) is 23.4 Å². The molecule has 10 heteroatoms. The smallest absolute Gasteiger partial charge is 0.238 e. The first-order valence-corrected chi connectivity index (χ1v) is 10.1. The van der Waals surface area contributed by atoms with Crippen molar-refractivity contribution in [3.63, 3.8) is 0 Å². The summed E-state index contributed by atoms with van der Waals surface area (Å²) in [5.74, 6) is -0.337. The van der Waals surface area contributed by atoms with Crippen LogP contribution in [0.5, 0.6) is 0 Å². The second-order valence-corrected chi connectivity index (χ2v) is 8.73. The molecule has 120 valence electrons. The van der Waals surface area contributed by atoms with Crippen LogP contribution in [0, 0.1) is 5.82 Å². The Morgan fingerprint density at radius 3 is 2.86 bits per heavy atom. The summed E-state index contributed by atoms with van der Waals surface area (Å²) in [4.78, 5) is 0. The van der Waals surface area contributed by atoms with Crippen molar-refractivity contribution in [1.29, 1.82) is 0 Å². The van der Waals surface area contributed by atoms with Gasteiger partial charge in [0.05, 0.1) is 5.75 Å². The first-order chi connectivity index (χ1) is 10.4. The van der Waals surface area contributed by atoms with Gasteiger partial charge in [-0.05, 0) is 18.6 Å². The molecule has 22 heavy (non-hydrogen) atoms. The Balaban J connectivity index is 2.09. The Bertz CT molecular complexity index is 732. The van der Waals surface area contributed by atoms with E-state index in [4.69, 9.17) is 11.6 Å². The Morgan fingerprint density at radius 2 is 2.18 bits per heavy atom. The largest absolute Gasteiger partial charge is 0.257 e. The van der Waals surface area contributed by atoms with Gasteiger partial charge in [0.25, 0.3) is 0 Å². The Kier molecular flexibility index (Phi) is 6.01. The molecule has 0 unspecified atom stereocenters. The SMILES string of the molecule is CCCSc1nnc(NS(=O)(=O)Cc2c(F)cccc2Cl)s1. The van der Waals surface area contributed by atoms with Gasteiger partial charge in [-0.15, -0.1) is 10.2 Å². The Morgan fingerprint density at radius 1 is 1.41 bits per heavy atom. The fourth-order valence-corrected chi connectivity index (χ4v) is 4.97. The van der Waals surface area contributed by atoms with Crippen molar-refractivity contribution in [1.82, 2.24) is 10.2 Å². The molecule has 0 spiro atoms. The number of nitrogens with one attached hydrogen (secondary N) is 1. The molecular formula is C12H13ClFN3O2S3. The maximum absolute atomic E-state index is 13.7. The van der Waals surface area contributed by atoms with Gasteiger partial charge in [0, 0.05) is 16.3 Å². The number of hydrogen-bond acceptors (Lipinski definition) is 6. The number of benzene rings is 1. The van der Waals surface area contributed by atoms with Crippen LogP contribution in [0.25, 0.3) is 0 Å². The second kappa shape index (κ2) is 7.58. The molecule has 0 bridgehead atoms. The van der Waals surface area contributed by atoms with Crippen molar-refractivity contribution < 1.29 is 12.8 Å². The third-order valence-electron chi connectivity index (χ3n) is 2.47. The average Bonchev–Trinajstić information content (AvgIpc) is 2.87. The van der Waals surface area contributed by atoms with Crippen LogP contribution in [0.3, 0.4) is 0 Å². The molecule has 1 N–H and O–H groups in total. The fraction of sp³-hybridized carbons (Fsp3) is 0.333. The van der Waals surface area contributed by atoms with Gasteiger partial charge in [-0.1, -0.05) is 47.7 Å². The summed E-state index contributed by atoms with van der Waals surface area (Å²) in [6.45, 7) is 2.04. The van der Waals surface area contributed by atoms with Crippen LogP contribution in [0.1, 0.15) is 18.9 Å². The highest BCUT2D eigenvalue weighted by Crippen LogP contribution is 2.27. The van der Waals surface area contributed by atoms with Gasteiger partial charge in [-0.25, -0.2) is 12.8 Å². The number of rotatable bonds is 7.